The van der Waals surface area contributed by atoms with Crippen molar-refractivity contribution < 1.29 is 4.79 Å². The molecule has 0 spiro atoms. The summed E-state index contributed by atoms with van der Waals surface area (Å²) < 4.78 is 0. The Labute approximate surface area is 115 Å². The van der Waals surface area contributed by atoms with Crippen LogP contribution >= 0.6 is 0 Å². The largest absolute Gasteiger partial charge is 0.398 e. The van der Waals surface area contributed by atoms with Crippen LogP contribution in [0.2, 0.25) is 0 Å². The van der Waals surface area contributed by atoms with E-state index in [2.05, 4.69) is 6.92 Å². The van der Waals surface area contributed by atoms with Gasteiger partial charge in [-0.3, -0.25) is 4.79 Å². The fraction of sp³-hybridized carbons (Fsp3) is 0.562. The Balaban J connectivity index is 2.16. The lowest BCUT2D eigenvalue weighted by Crippen LogP contribution is -2.40. The van der Waals surface area contributed by atoms with Gasteiger partial charge in [0, 0.05) is 24.3 Å². The van der Waals surface area contributed by atoms with Gasteiger partial charge in [-0.1, -0.05) is 25.8 Å². The van der Waals surface area contributed by atoms with Crippen LogP contribution in [0.4, 0.5) is 5.69 Å². The standard InChI is InChI=1S/C16H24N2O/c1-11-6-4-7-13(10-11)18(3)16(19)14-8-5-9-15(17)12(14)2/h5,8-9,11,13H,4,6-7,10,17H2,1-3H3. The van der Waals surface area contributed by atoms with Crippen molar-refractivity contribution in [2.75, 3.05) is 12.8 Å². The summed E-state index contributed by atoms with van der Waals surface area (Å²) in [5.41, 5.74) is 8.21. The minimum atomic E-state index is 0.101. The average molecular weight is 260 g/mol. The summed E-state index contributed by atoms with van der Waals surface area (Å²) in [7, 11) is 1.92. The quantitative estimate of drug-likeness (QED) is 0.830. The van der Waals surface area contributed by atoms with Crippen LogP contribution < -0.4 is 5.73 Å². The van der Waals surface area contributed by atoms with Crippen molar-refractivity contribution in [1.29, 1.82) is 0 Å². The van der Waals surface area contributed by atoms with Crippen LogP contribution in [0, 0.1) is 12.8 Å². The molecule has 2 rings (SSSR count). The first-order valence-electron chi connectivity index (χ1n) is 7.13. The molecule has 0 aliphatic heterocycles. The normalized spacial score (nSPS) is 23.1. The van der Waals surface area contributed by atoms with E-state index in [-0.39, 0.29) is 5.91 Å². The van der Waals surface area contributed by atoms with Crippen molar-refractivity contribution in [3.05, 3.63) is 29.3 Å². The summed E-state index contributed by atoms with van der Waals surface area (Å²) in [5.74, 6) is 0.819. The zero-order valence-electron chi connectivity index (χ0n) is 12.1. The molecule has 0 aromatic heterocycles. The van der Waals surface area contributed by atoms with Gasteiger partial charge in [0.25, 0.3) is 5.91 Å². The molecule has 1 aliphatic carbocycles. The van der Waals surface area contributed by atoms with E-state index in [1.54, 1.807) is 0 Å². The maximum atomic E-state index is 12.6. The van der Waals surface area contributed by atoms with Crippen LogP contribution in [0.15, 0.2) is 18.2 Å². The van der Waals surface area contributed by atoms with Gasteiger partial charge in [-0.2, -0.15) is 0 Å². The molecule has 2 unspecified atom stereocenters. The van der Waals surface area contributed by atoms with Gasteiger partial charge < -0.3 is 10.6 Å². The van der Waals surface area contributed by atoms with Crippen LogP contribution in [0.1, 0.15) is 48.5 Å². The number of amides is 1. The molecule has 2 N–H and O–H groups in total. The number of anilines is 1. The van der Waals surface area contributed by atoms with Gasteiger partial charge in [0.1, 0.15) is 0 Å². The summed E-state index contributed by atoms with van der Waals surface area (Å²) in [6, 6.07) is 5.94. The summed E-state index contributed by atoms with van der Waals surface area (Å²) in [6.45, 7) is 4.19. The molecule has 1 aromatic carbocycles. The third kappa shape index (κ3) is 2.91. The van der Waals surface area contributed by atoms with Crippen molar-refractivity contribution >= 4 is 11.6 Å². The molecule has 3 nitrogen and oxygen atoms in total. The molecule has 1 aliphatic rings. The lowest BCUT2D eigenvalue weighted by atomic mass is 9.86. The SMILES string of the molecule is Cc1c(N)cccc1C(=O)N(C)C1CCCC(C)C1. The molecule has 1 saturated carbocycles. The molecule has 19 heavy (non-hydrogen) atoms. The molecule has 104 valence electrons. The van der Waals surface area contributed by atoms with Crippen LogP contribution in [-0.4, -0.2) is 23.9 Å². The maximum absolute atomic E-state index is 12.6. The molecular weight excluding hydrogens is 236 g/mol. The van der Waals surface area contributed by atoms with Crippen molar-refractivity contribution in [2.24, 2.45) is 5.92 Å². The minimum absolute atomic E-state index is 0.101. The summed E-state index contributed by atoms with van der Waals surface area (Å²) in [6.07, 6.45) is 4.74. The second-order valence-electron chi connectivity index (χ2n) is 5.86. The number of carbonyl (C=O) groups excluding carboxylic acids is 1. The van der Waals surface area contributed by atoms with Gasteiger partial charge in [0.05, 0.1) is 0 Å². The Bertz CT molecular complexity index is 470. The third-order valence-electron chi connectivity index (χ3n) is 4.38. The topological polar surface area (TPSA) is 46.3 Å². The molecule has 3 heteroatoms. The highest BCUT2D eigenvalue weighted by Gasteiger charge is 2.26. The van der Waals surface area contributed by atoms with Crippen molar-refractivity contribution in [3.63, 3.8) is 0 Å². The van der Waals surface area contributed by atoms with E-state index in [4.69, 9.17) is 5.73 Å². The maximum Gasteiger partial charge on any atom is 0.254 e. The zero-order valence-corrected chi connectivity index (χ0v) is 12.1. The van der Waals surface area contributed by atoms with Crippen LogP contribution in [-0.2, 0) is 0 Å². The van der Waals surface area contributed by atoms with E-state index in [0.29, 0.717) is 11.7 Å². The highest BCUT2D eigenvalue weighted by molar-refractivity contribution is 5.96. The van der Waals surface area contributed by atoms with Gasteiger partial charge in [0.2, 0.25) is 0 Å². The number of nitrogen functional groups attached to an aromatic ring is 1. The van der Waals surface area contributed by atoms with Gasteiger partial charge in [-0.05, 0) is 43.4 Å². The molecule has 1 amide bonds. The van der Waals surface area contributed by atoms with E-state index in [0.717, 1.165) is 29.9 Å². The van der Waals surface area contributed by atoms with Crippen LogP contribution in [0.3, 0.4) is 0 Å². The average Bonchev–Trinajstić information content (AvgIpc) is 2.40. The van der Waals surface area contributed by atoms with Crippen molar-refractivity contribution in [3.8, 4) is 0 Å². The second-order valence-corrected chi connectivity index (χ2v) is 5.86. The minimum Gasteiger partial charge on any atom is -0.398 e. The highest BCUT2D eigenvalue weighted by Crippen LogP contribution is 2.28. The predicted octanol–water partition coefficient (Wildman–Crippen LogP) is 3.23. The lowest BCUT2D eigenvalue weighted by molar-refractivity contribution is 0.0671. The van der Waals surface area contributed by atoms with Crippen LogP contribution in [0.5, 0.6) is 0 Å². The van der Waals surface area contributed by atoms with Crippen molar-refractivity contribution in [2.45, 2.75) is 45.6 Å². The molecule has 1 fully saturated rings. The third-order valence-corrected chi connectivity index (χ3v) is 4.38. The Morgan fingerprint density at radius 1 is 1.37 bits per heavy atom. The first-order chi connectivity index (χ1) is 9.00. The molecule has 1 aromatic rings. The van der Waals surface area contributed by atoms with E-state index in [1.165, 1.54) is 12.8 Å². The number of nitrogens with zero attached hydrogens (tertiary/aromatic N) is 1. The van der Waals surface area contributed by atoms with E-state index >= 15 is 0 Å². The monoisotopic (exact) mass is 260 g/mol. The lowest BCUT2D eigenvalue weighted by Gasteiger charge is -2.34. The van der Waals surface area contributed by atoms with E-state index in [9.17, 15) is 4.79 Å². The fourth-order valence-corrected chi connectivity index (χ4v) is 2.99. The Hall–Kier alpha value is -1.51. The first-order valence-corrected chi connectivity index (χ1v) is 7.13. The molecule has 2 atom stereocenters. The fourth-order valence-electron chi connectivity index (χ4n) is 2.99. The Morgan fingerprint density at radius 3 is 2.79 bits per heavy atom. The van der Waals surface area contributed by atoms with Crippen LogP contribution in [0.25, 0.3) is 0 Å². The van der Waals surface area contributed by atoms with Gasteiger partial charge in [-0.25, -0.2) is 0 Å². The number of benzene rings is 1. The number of nitrogens with two attached hydrogens (primary N) is 1. The van der Waals surface area contributed by atoms with Gasteiger partial charge in [-0.15, -0.1) is 0 Å². The van der Waals surface area contributed by atoms with Crippen molar-refractivity contribution in [1.82, 2.24) is 4.90 Å². The molecule has 0 saturated heterocycles. The van der Waals surface area contributed by atoms with E-state index in [1.807, 2.05) is 37.1 Å². The Morgan fingerprint density at radius 2 is 2.11 bits per heavy atom. The summed E-state index contributed by atoms with van der Waals surface area (Å²) >= 11 is 0. The number of hydrogen-bond acceptors (Lipinski definition) is 2. The smallest absolute Gasteiger partial charge is 0.254 e. The molecular formula is C16H24N2O. The molecule has 0 radical (unpaired) electrons. The predicted molar refractivity (Wildman–Crippen MR) is 79.1 cm³/mol. The highest BCUT2D eigenvalue weighted by atomic mass is 16.2. The Kier molecular flexibility index (Phi) is 4.13. The molecule has 0 heterocycles. The van der Waals surface area contributed by atoms with Gasteiger partial charge >= 0.3 is 0 Å². The van der Waals surface area contributed by atoms with E-state index < -0.39 is 0 Å². The second kappa shape index (κ2) is 5.64. The first kappa shape index (κ1) is 13.9. The summed E-state index contributed by atoms with van der Waals surface area (Å²) in [5, 5.41) is 0. The van der Waals surface area contributed by atoms with Gasteiger partial charge in [0.15, 0.2) is 0 Å². The number of hydrogen-bond donors (Lipinski definition) is 1. The molecule has 0 bridgehead atoms. The number of rotatable bonds is 2. The zero-order chi connectivity index (χ0) is 14.0. The number of carbonyl (C=O) groups is 1. The summed E-state index contributed by atoms with van der Waals surface area (Å²) in [4.78, 5) is 14.5.